The average molecular weight is 267 g/mol. The first-order valence-corrected chi connectivity index (χ1v) is 6.16. The van der Waals surface area contributed by atoms with Gasteiger partial charge in [-0.25, -0.2) is 8.78 Å². The van der Waals surface area contributed by atoms with Crippen molar-refractivity contribution in [1.82, 2.24) is 0 Å². The lowest BCUT2D eigenvalue weighted by Gasteiger charge is -2.11. The van der Waals surface area contributed by atoms with Gasteiger partial charge >= 0.3 is 0 Å². The van der Waals surface area contributed by atoms with Crippen molar-refractivity contribution in [3.05, 3.63) is 34.4 Å². The maximum atomic E-state index is 13.0. The molecule has 0 radical (unpaired) electrons. The minimum Gasteiger partial charge on any atom is -0.204 e. The number of alkyl halides is 1. The molecular formula is C12H14Cl2F2. The highest BCUT2D eigenvalue weighted by Gasteiger charge is 2.15. The van der Waals surface area contributed by atoms with Crippen LogP contribution < -0.4 is 0 Å². The SMILES string of the molecule is CCCCCC(Cl)c1cc(F)c(F)cc1Cl. The molecule has 0 amide bonds. The second kappa shape index (κ2) is 6.41. The molecule has 0 saturated heterocycles. The zero-order valence-corrected chi connectivity index (χ0v) is 10.6. The van der Waals surface area contributed by atoms with Crippen LogP contribution in [0.1, 0.15) is 43.5 Å². The van der Waals surface area contributed by atoms with Gasteiger partial charge in [0.25, 0.3) is 0 Å². The van der Waals surface area contributed by atoms with Crippen LogP contribution in [0, 0.1) is 11.6 Å². The van der Waals surface area contributed by atoms with Crippen molar-refractivity contribution in [2.75, 3.05) is 0 Å². The van der Waals surface area contributed by atoms with Gasteiger partial charge in [0.05, 0.1) is 5.38 Å². The molecule has 4 heteroatoms. The fraction of sp³-hybridized carbons (Fsp3) is 0.500. The van der Waals surface area contributed by atoms with Crippen LogP contribution >= 0.6 is 23.2 Å². The van der Waals surface area contributed by atoms with E-state index in [4.69, 9.17) is 23.2 Å². The van der Waals surface area contributed by atoms with Crippen molar-refractivity contribution in [1.29, 1.82) is 0 Å². The Morgan fingerprint density at radius 1 is 1.19 bits per heavy atom. The Balaban J connectivity index is 2.75. The summed E-state index contributed by atoms with van der Waals surface area (Å²) >= 11 is 11.9. The second-order valence-corrected chi connectivity index (χ2v) is 4.69. The molecule has 1 rings (SSSR count). The zero-order chi connectivity index (χ0) is 12.1. The molecule has 1 aromatic rings. The first-order chi connectivity index (χ1) is 7.56. The maximum absolute atomic E-state index is 13.0. The smallest absolute Gasteiger partial charge is 0.160 e. The van der Waals surface area contributed by atoms with E-state index in [9.17, 15) is 8.78 Å². The number of unbranched alkanes of at least 4 members (excludes halogenated alkanes) is 2. The first kappa shape index (κ1) is 13.7. The standard InChI is InChI=1S/C12H14Cl2F2/c1-2-3-4-5-9(13)8-6-11(15)12(16)7-10(8)14/h6-7,9H,2-5H2,1H3. The van der Waals surface area contributed by atoms with Gasteiger partial charge in [-0.05, 0) is 24.1 Å². The van der Waals surface area contributed by atoms with Crippen molar-refractivity contribution in [2.45, 2.75) is 38.0 Å². The van der Waals surface area contributed by atoms with Gasteiger partial charge in [-0.2, -0.15) is 0 Å². The van der Waals surface area contributed by atoms with Crippen LogP contribution in [-0.2, 0) is 0 Å². The summed E-state index contributed by atoms with van der Waals surface area (Å²) in [6.45, 7) is 2.09. The first-order valence-electron chi connectivity index (χ1n) is 5.34. The molecule has 0 aliphatic rings. The molecule has 0 nitrogen and oxygen atoms in total. The predicted octanol–water partition coefficient (Wildman–Crippen LogP) is 5.48. The van der Waals surface area contributed by atoms with Crippen LogP contribution in [0.4, 0.5) is 8.78 Å². The Hall–Kier alpha value is -0.340. The van der Waals surface area contributed by atoms with Crippen molar-refractivity contribution >= 4 is 23.2 Å². The quantitative estimate of drug-likeness (QED) is 0.376. The van der Waals surface area contributed by atoms with Gasteiger partial charge < -0.3 is 0 Å². The highest BCUT2D eigenvalue weighted by molar-refractivity contribution is 6.32. The highest BCUT2D eigenvalue weighted by Crippen LogP contribution is 2.33. The lowest BCUT2D eigenvalue weighted by Crippen LogP contribution is -1.96. The van der Waals surface area contributed by atoms with Crippen LogP contribution in [0.15, 0.2) is 12.1 Å². The second-order valence-electron chi connectivity index (χ2n) is 3.75. The molecule has 0 aliphatic carbocycles. The van der Waals surface area contributed by atoms with Crippen LogP contribution in [0.5, 0.6) is 0 Å². The molecule has 0 aromatic heterocycles. The molecule has 90 valence electrons. The normalized spacial score (nSPS) is 12.8. The molecule has 0 heterocycles. The summed E-state index contributed by atoms with van der Waals surface area (Å²) in [4.78, 5) is 0. The average Bonchev–Trinajstić information content (AvgIpc) is 2.23. The number of benzene rings is 1. The molecule has 0 bridgehead atoms. The fourth-order valence-electron chi connectivity index (χ4n) is 1.51. The van der Waals surface area contributed by atoms with E-state index in [0.717, 1.165) is 37.8 Å². The van der Waals surface area contributed by atoms with E-state index in [-0.39, 0.29) is 10.4 Å². The van der Waals surface area contributed by atoms with E-state index in [0.29, 0.717) is 5.56 Å². The van der Waals surface area contributed by atoms with E-state index in [1.54, 1.807) is 0 Å². The van der Waals surface area contributed by atoms with E-state index in [1.807, 2.05) is 0 Å². The third-order valence-electron chi connectivity index (χ3n) is 2.44. The van der Waals surface area contributed by atoms with Crippen molar-refractivity contribution < 1.29 is 8.78 Å². The zero-order valence-electron chi connectivity index (χ0n) is 9.07. The topological polar surface area (TPSA) is 0 Å². The minimum atomic E-state index is -0.939. The molecule has 0 aliphatic heterocycles. The summed E-state index contributed by atoms with van der Waals surface area (Å²) in [5.74, 6) is -1.84. The van der Waals surface area contributed by atoms with Gasteiger partial charge in [0.1, 0.15) is 0 Å². The summed E-state index contributed by atoms with van der Waals surface area (Å²) in [5, 5.41) is -0.162. The Morgan fingerprint density at radius 2 is 1.81 bits per heavy atom. The van der Waals surface area contributed by atoms with Gasteiger partial charge in [0.15, 0.2) is 11.6 Å². The van der Waals surface area contributed by atoms with E-state index in [1.165, 1.54) is 0 Å². The third-order valence-corrected chi connectivity index (χ3v) is 3.22. The molecule has 0 spiro atoms. The lowest BCUT2D eigenvalue weighted by atomic mass is 10.1. The van der Waals surface area contributed by atoms with Crippen LogP contribution in [0.3, 0.4) is 0 Å². The molecule has 0 saturated carbocycles. The van der Waals surface area contributed by atoms with Gasteiger partial charge in [-0.3, -0.25) is 0 Å². The summed E-state index contributed by atoms with van der Waals surface area (Å²) in [5.41, 5.74) is 0.471. The summed E-state index contributed by atoms with van der Waals surface area (Å²) in [6.07, 6.45) is 3.85. The maximum Gasteiger partial charge on any atom is 0.160 e. The number of halogens is 4. The molecule has 1 aromatic carbocycles. The molecule has 0 N–H and O–H groups in total. The molecular weight excluding hydrogens is 253 g/mol. The Labute approximate surface area is 105 Å². The van der Waals surface area contributed by atoms with E-state index >= 15 is 0 Å². The molecule has 16 heavy (non-hydrogen) atoms. The molecule has 1 unspecified atom stereocenters. The van der Waals surface area contributed by atoms with Gasteiger partial charge in [-0.1, -0.05) is 37.8 Å². The van der Waals surface area contributed by atoms with Gasteiger partial charge in [0.2, 0.25) is 0 Å². The number of hydrogen-bond donors (Lipinski definition) is 0. The van der Waals surface area contributed by atoms with E-state index in [2.05, 4.69) is 6.92 Å². The molecule has 0 fully saturated rings. The Kier molecular flexibility index (Phi) is 5.50. The highest BCUT2D eigenvalue weighted by atomic mass is 35.5. The van der Waals surface area contributed by atoms with Crippen LogP contribution in [0.25, 0.3) is 0 Å². The van der Waals surface area contributed by atoms with E-state index < -0.39 is 11.6 Å². The monoisotopic (exact) mass is 266 g/mol. The Morgan fingerprint density at radius 3 is 2.44 bits per heavy atom. The van der Waals surface area contributed by atoms with Crippen molar-refractivity contribution in [3.8, 4) is 0 Å². The van der Waals surface area contributed by atoms with Crippen molar-refractivity contribution in [3.63, 3.8) is 0 Å². The largest absolute Gasteiger partial charge is 0.204 e. The number of rotatable bonds is 5. The number of hydrogen-bond acceptors (Lipinski definition) is 0. The summed E-state index contributed by atoms with van der Waals surface area (Å²) in [6, 6.07) is 2.06. The van der Waals surface area contributed by atoms with Crippen LogP contribution in [-0.4, -0.2) is 0 Å². The molecule has 1 atom stereocenters. The predicted molar refractivity (Wildman–Crippen MR) is 64.1 cm³/mol. The fourth-order valence-corrected chi connectivity index (χ4v) is 2.18. The Bertz CT molecular complexity index is 353. The minimum absolute atomic E-state index is 0.190. The summed E-state index contributed by atoms with van der Waals surface area (Å²) in [7, 11) is 0. The third kappa shape index (κ3) is 3.60. The summed E-state index contributed by atoms with van der Waals surface area (Å²) < 4.78 is 25.8. The van der Waals surface area contributed by atoms with Crippen LogP contribution in [0.2, 0.25) is 5.02 Å². The van der Waals surface area contributed by atoms with Crippen molar-refractivity contribution in [2.24, 2.45) is 0 Å². The van der Waals surface area contributed by atoms with Gasteiger partial charge in [-0.15, -0.1) is 11.6 Å². The lowest BCUT2D eigenvalue weighted by molar-refractivity contribution is 0.506. The van der Waals surface area contributed by atoms with Gasteiger partial charge in [0, 0.05) is 5.02 Å².